The van der Waals surface area contributed by atoms with Gasteiger partial charge in [0, 0.05) is 35.5 Å². The maximum Gasteiger partial charge on any atom is 0.252 e. The van der Waals surface area contributed by atoms with Gasteiger partial charge in [-0.3, -0.25) is 9.89 Å². The van der Waals surface area contributed by atoms with Crippen LogP contribution in [0.3, 0.4) is 0 Å². The number of carbonyl (C=O) groups excluding carboxylic acids is 1. The molecule has 2 aliphatic rings. The van der Waals surface area contributed by atoms with Gasteiger partial charge in [0.2, 0.25) is 5.95 Å². The summed E-state index contributed by atoms with van der Waals surface area (Å²) in [4.78, 5) is 17.2. The highest BCUT2D eigenvalue weighted by molar-refractivity contribution is 5.97. The summed E-state index contributed by atoms with van der Waals surface area (Å²) in [5.74, 6) is 1.62. The van der Waals surface area contributed by atoms with E-state index in [2.05, 4.69) is 32.0 Å². The summed E-state index contributed by atoms with van der Waals surface area (Å²) in [5, 5.41) is 26.8. The molecule has 0 saturated heterocycles. The van der Waals surface area contributed by atoms with Gasteiger partial charge in [-0.25, -0.2) is 4.68 Å². The van der Waals surface area contributed by atoms with Crippen LogP contribution in [0.1, 0.15) is 47.5 Å². The number of hydrogen-bond donors (Lipinski definition) is 4. The molecule has 2 aliphatic carbocycles. The number of carbonyl (C=O) groups is 1. The third-order valence-corrected chi connectivity index (χ3v) is 6.49. The molecule has 33 heavy (non-hydrogen) atoms. The van der Waals surface area contributed by atoms with E-state index in [0.29, 0.717) is 23.3 Å². The van der Waals surface area contributed by atoms with Gasteiger partial charge in [-0.05, 0) is 61.4 Å². The number of aromatic amines is 1. The lowest BCUT2D eigenvalue weighted by Crippen LogP contribution is -2.37. The van der Waals surface area contributed by atoms with Crippen molar-refractivity contribution in [2.24, 2.45) is 7.05 Å². The average Bonchev–Trinajstić information content (AvgIpc) is 3.73. The van der Waals surface area contributed by atoms with E-state index in [1.807, 2.05) is 31.4 Å². The molecule has 6 rings (SSSR count). The minimum Gasteiger partial charge on any atom is -0.342 e. The van der Waals surface area contributed by atoms with Crippen molar-refractivity contribution in [1.82, 2.24) is 30.3 Å². The minimum atomic E-state index is -0.447. The number of nitrogens with zero attached hydrogens (tertiary/aromatic N) is 4. The number of anilines is 2. The molecule has 166 valence electrons. The van der Waals surface area contributed by atoms with Crippen molar-refractivity contribution in [3.63, 3.8) is 0 Å². The largest absolute Gasteiger partial charge is 0.342 e. The molecule has 0 aliphatic heterocycles. The SMILES string of the molecule is Cn1nc(-c2ccc(C(=O)NC3(C=N)CC3)cc2)nc1Nc1ccc2[nH]ncc2c1C1CC1. The van der Waals surface area contributed by atoms with Crippen molar-refractivity contribution >= 4 is 34.7 Å². The van der Waals surface area contributed by atoms with Crippen LogP contribution in [0.5, 0.6) is 0 Å². The Kier molecular flexibility index (Phi) is 4.33. The van der Waals surface area contributed by atoms with Crippen molar-refractivity contribution in [3.05, 3.63) is 53.7 Å². The van der Waals surface area contributed by atoms with Crippen LogP contribution in [0.2, 0.25) is 0 Å². The van der Waals surface area contributed by atoms with Gasteiger partial charge in [-0.15, -0.1) is 5.10 Å². The van der Waals surface area contributed by atoms with Crippen molar-refractivity contribution in [3.8, 4) is 11.4 Å². The normalized spacial score (nSPS) is 16.5. The molecule has 0 unspecified atom stereocenters. The van der Waals surface area contributed by atoms with Crippen molar-refractivity contribution < 1.29 is 4.79 Å². The number of H-pyrrole nitrogens is 1. The van der Waals surface area contributed by atoms with Crippen molar-refractivity contribution in [2.75, 3.05) is 5.32 Å². The second-order valence-corrected chi connectivity index (χ2v) is 8.97. The van der Waals surface area contributed by atoms with E-state index in [-0.39, 0.29) is 5.91 Å². The molecule has 4 N–H and O–H groups in total. The fourth-order valence-electron chi connectivity index (χ4n) is 4.21. The molecule has 9 heteroatoms. The average molecular weight is 441 g/mol. The predicted molar refractivity (Wildman–Crippen MR) is 126 cm³/mol. The van der Waals surface area contributed by atoms with Crippen LogP contribution in [0.25, 0.3) is 22.3 Å². The number of benzene rings is 2. The van der Waals surface area contributed by atoms with Gasteiger partial charge in [-0.1, -0.05) is 12.1 Å². The number of fused-ring (bicyclic) bond motifs is 1. The van der Waals surface area contributed by atoms with E-state index in [4.69, 9.17) is 10.4 Å². The van der Waals surface area contributed by atoms with Crippen LogP contribution in [-0.2, 0) is 7.05 Å². The van der Waals surface area contributed by atoms with Crippen LogP contribution >= 0.6 is 0 Å². The molecule has 2 heterocycles. The van der Waals surface area contributed by atoms with Gasteiger partial charge in [-0.2, -0.15) is 10.1 Å². The molecule has 9 nitrogen and oxygen atoms in total. The lowest BCUT2D eigenvalue weighted by Gasteiger charge is -2.11. The minimum absolute atomic E-state index is 0.166. The summed E-state index contributed by atoms with van der Waals surface area (Å²) in [7, 11) is 1.86. The number of rotatable bonds is 7. The summed E-state index contributed by atoms with van der Waals surface area (Å²) in [5.41, 5.74) is 4.29. The standard InChI is InChI=1S/C24H24N8O/c1-32-23(27-19-9-8-18-17(12-26-30-18)20(19)14-2-3-14)28-21(31-32)15-4-6-16(7-5-15)22(33)29-24(13-25)10-11-24/h4-9,12-14,25H,2-3,10-11H2,1H3,(H,26,30)(H,29,33)(H,27,28,31). The Labute approximate surface area is 190 Å². The fraction of sp³-hybridized carbons (Fsp3) is 0.292. The first kappa shape index (κ1) is 19.7. The Morgan fingerprint density at radius 3 is 2.70 bits per heavy atom. The third-order valence-electron chi connectivity index (χ3n) is 6.49. The molecule has 4 aromatic rings. The highest BCUT2D eigenvalue weighted by Gasteiger charge is 2.42. The number of amides is 1. The first-order valence-electron chi connectivity index (χ1n) is 11.1. The van der Waals surface area contributed by atoms with Crippen LogP contribution in [0.4, 0.5) is 11.6 Å². The summed E-state index contributed by atoms with van der Waals surface area (Å²) < 4.78 is 1.73. The van der Waals surface area contributed by atoms with Crippen molar-refractivity contribution in [1.29, 1.82) is 5.41 Å². The summed E-state index contributed by atoms with van der Waals surface area (Å²) >= 11 is 0. The van der Waals surface area contributed by atoms with E-state index in [1.54, 1.807) is 16.8 Å². The first-order chi connectivity index (χ1) is 16.0. The van der Waals surface area contributed by atoms with Gasteiger partial charge in [0.15, 0.2) is 5.82 Å². The zero-order chi connectivity index (χ0) is 22.6. The Morgan fingerprint density at radius 1 is 1.21 bits per heavy atom. The monoisotopic (exact) mass is 440 g/mol. The Hall–Kier alpha value is -4.01. The van der Waals surface area contributed by atoms with Gasteiger partial charge in [0.05, 0.1) is 17.3 Å². The molecule has 0 bridgehead atoms. The van der Waals surface area contributed by atoms with Crippen LogP contribution in [0, 0.1) is 5.41 Å². The van der Waals surface area contributed by atoms with E-state index < -0.39 is 5.54 Å². The van der Waals surface area contributed by atoms with Crippen LogP contribution in [-0.4, -0.2) is 42.6 Å². The van der Waals surface area contributed by atoms with Gasteiger partial charge in [0.1, 0.15) is 0 Å². The zero-order valence-corrected chi connectivity index (χ0v) is 18.2. The molecule has 0 spiro atoms. The van der Waals surface area contributed by atoms with Gasteiger partial charge >= 0.3 is 0 Å². The molecule has 2 aromatic heterocycles. The molecule has 1 amide bonds. The van der Waals surface area contributed by atoms with E-state index in [1.165, 1.54) is 24.6 Å². The molecule has 0 radical (unpaired) electrons. The number of nitrogens with one attached hydrogen (secondary N) is 4. The lowest BCUT2D eigenvalue weighted by molar-refractivity contribution is 0.0944. The molecule has 2 aromatic carbocycles. The lowest BCUT2D eigenvalue weighted by atomic mass is 10.0. The van der Waals surface area contributed by atoms with Crippen molar-refractivity contribution in [2.45, 2.75) is 37.1 Å². The van der Waals surface area contributed by atoms with Crippen LogP contribution < -0.4 is 10.6 Å². The van der Waals surface area contributed by atoms with E-state index in [9.17, 15) is 4.79 Å². The quantitative estimate of drug-likeness (QED) is 0.325. The van der Waals surface area contributed by atoms with Crippen LogP contribution in [0.15, 0.2) is 42.6 Å². The predicted octanol–water partition coefficient (Wildman–Crippen LogP) is 3.89. The van der Waals surface area contributed by atoms with Gasteiger partial charge < -0.3 is 16.0 Å². The number of hydrogen-bond acceptors (Lipinski definition) is 6. The first-order valence-corrected chi connectivity index (χ1v) is 11.1. The fourth-order valence-corrected chi connectivity index (χ4v) is 4.21. The van der Waals surface area contributed by atoms with Gasteiger partial charge in [0.25, 0.3) is 5.91 Å². The Bertz CT molecular complexity index is 1380. The Balaban J connectivity index is 1.24. The topological polar surface area (TPSA) is 124 Å². The second kappa shape index (κ2) is 7.26. The molecule has 0 atom stereocenters. The molecule has 2 fully saturated rings. The highest BCUT2D eigenvalue weighted by atomic mass is 16.1. The van der Waals surface area contributed by atoms with E-state index in [0.717, 1.165) is 35.0 Å². The molecular formula is C24H24N8O. The number of aromatic nitrogens is 5. The summed E-state index contributed by atoms with van der Waals surface area (Å²) in [6, 6.07) is 11.3. The Morgan fingerprint density at radius 2 is 2.00 bits per heavy atom. The molecule has 2 saturated carbocycles. The maximum absolute atomic E-state index is 12.5. The zero-order valence-electron chi connectivity index (χ0n) is 18.2. The van der Waals surface area contributed by atoms with E-state index >= 15 is 0 Å². The third kappa shape index (κ3) is 3.55. The maximum atomic E-state index is 12.5. The smallest absolute Gasteiger partial charge is 0.252 e. The highest BCUT2D eigenvalue weighted by Crippen LogP contribution is 2.47. The summed E-state index contributed by atoms with van der Waals surface area (Å²) in [6.45, 7) is 0. The molecular weight excluding hydrogens is 416 g/mol. The number of aryl methyl sites for hydroxylation is 1. The summed E-state index contributed by atoms with van der Waals surface area (Å²) in [6.07, 6.45) is 7.23. The second-order valence-electron chi connectivity index (χ2n) is 8.97.